The number of esters is 1. The highest BCUT2D eigenvalue weighted by molar-refractivity contribution is 7.16. The quantitative estimate of drug-likeness (QED) is 0.421. The van der Waals surface area contributed by atoms with Crippen molar-refractivity contribution in [2.24, 2.45) is 5.92 Å². The van der Waals surface area contributed by atoms with Crippen molar-refractivity contribution >= 4 is 28.2 Å². The zero-order valence-corrected chi connectivity index (χ0v) is 18.7. The molecule has 2 N–H and O–H groups in total. The lowest BCUT2D eigenvalue weighted by Gasteiger charge is -2.27. The van der Waals surface area contributed by atoms with Crippen molar-refractivity contribution in [3.8, 4) is 11.5 Å². The number of anilines is 1. The van der Waals surface area contributed by atoms with Crippen LogP contribution in [0.5, 0.6) is 11.5 Å². The summed E-state index contributed by atoms with van der Waals surface area (Å²) in [7, 11) is 0. The van der Waals surface area contributed by atoms with Gasteiger partial charge in [-0.15, -0.1) is 11.3 Å². The third kappa shape index (κ3) is 3.75. The maximum atomic E-state index is 13.0. The Balaban J connectivity index is 1.41. The van der Waals surface area contributed by atoms with Crippen LogP contribution in [0.25, 0.3) is 0 Å². The van der Waals surface area contributed by atoms with Crippen LogP contribution in [-0.4, -0.2) is 18.5 Å². The zero-order chi connectivity index (χ0) is 22.2. The van der Waals surface area contributed by atoms with Crippen LogP contribution >= 0.6 is 11.3 Å². The molecule has 0 spiro atoms. The second-order valence-electron chi connectivity index (χ2n) is 8.11. The van der Waals surface area contributed by atoms with Crippen LogP contribution in [0.1, 0.15) is 63.4 Å². The lowest BCUT2D eigenvalue weighted by atomic mass is 9.88. The minimum Gasteiger partial charge on any atom is -0.490 e. The molecule has 5 rings (SSSR count). The first kappa shape index (κ1) is 20.6. The van der Waals surface area contributed by atoms with Gasteiger partial charge in [0.05, 0.1) is 18.4 Å². The first-order valence-electron chi connectivity index (χ1n) is 10.8. The molecule has 2 aliphatic rings. The molecule has 7 nitrogen and oxygen atoms in total. The number of nitrogens with one attached hydrogen (secondary N) is 2. The number of ether oxygens (including phenoxy) is 2. The fourth-order valence-electron chi connectivity index (χ4n) is 4.23. The van der Waals surface area contributed by atoms with Crippen LogP contribution in [0.3, 0.4) is 0 Å². The fraction of sp³-hybridized carbons (Fsp3) is 0.333. The summed E-state index contributed by atoms with van der Waals surface area (Å²) >= 11 is 1.69. The number of rotatable bonds is 5. The maximum Gasteiger partial charge on any atom is 0.379 e. The molecule has 0 radical (unpaired) electrons. The Hall–Kier alpha value is -3.26. The molecule has 1 aliphatic heterocycles. The second-order valence-corrected chi connectivity index (χ2v) is 9.22. The molecular weight excluding hydrogens is 428 g/mol. The first-order chi connectivity index (χ1) is 15.5. The molecule has 32 heavy (non-hydrogen) atoms. The van der Waals surface area contributed by atoms with Gasteiger partial charge in [-0.2, -0.15) is 0 Å². The molecular formula is C24H24N2O5S. The lowest BCUT2D eigenvalue weighted by molar-refractivity contribution is 0.0695. The van der Waals surface area contributed by atoms with Crippen molar-refractivity contribution in [2.75, 3.05) is 11.9 Å². The maximum absolute atomic E-state index is 13.0. The smallest absolute Gasteiger partial charge is 0.379 e. The third-order valence-corrected chi connectivity index (χ3v) is 7.00. The predicted molar refractivity (Wildman–Crippen MR) is 121 cm³/mol. The average molecular weight is 453 g/mol. The molecule has 1 aliphatic carbocycles. The van der Waals surface area contributed by atoms with Crippen LogP contribution in [0.15, 0.2) is 41.0 Å². The molecule has 1 amide bonds. The second kappa shape index (κ2) is 8.35. The Morgan fingerprint density at radius 2 is 2.12 bits per heavy atom. The molecule has 2 atom stereocenters. The number of fused-ring (bicyclic) bond motifs is 3. The van der Waals surface area contributed by atoms with Crippen molar-refractivity contribution in [3.05, 3.63) is 63.9 Å². The van der Waals surface area contributed by atoms with E-state index in [1.807, 2.05) is 13.0 Å². The van der Waals surface area contributed by atoms with Crippen molar-refractivity contribution in [1.29, 1.82) is 0 Å². The molecule has 0 fully saturated rings. The SMILES string of the molecule is CCOc1cc([C@@H]2NC(=O)c3c(sc4c3CC[C@@H](C)C4)N2)ccc1OC(=O)c1ccco1. The standard InChI is InChI=1S/C24H24N2O5S/c1-3-29-18-12-14(7-9-16(18)31-24(28)17-5-4-10-30-17)21-25-22(27)20-15-8-6-13(2)11-19(15)32-23(20)26-21/h4-5,7,9-10,12-13,21,26H,3,6,8,11H2,1-2H3,(H,25,27)/t13-,21-/m1/s1. The summed E-state index contributed by atoms with van der Waals surface area (Å²) < 4.78 is 16.3. The molecule has 0 saturated heterocycles. The highest BCUT2D eigenvalue weighted by Crippen LogP contribution is 2.43. The van der Waals surface area contributed by atoms with E-state index < -0.39 is 12.1 Å². The number of hydrogen-bond acceptors (Lipinski definition) is 7. The number of furan rings is 1. The summed E-state index contributed by atoms with van der Waals surface area (Å²) in [5.41, 5.74) is 2.80. The zero-order valence-electron chi connectivity index (χ0n) is 17.9. The molecule has 0 bridgehead atoms. The molecule has 166 valence electrons. The Morgan fingerprint density at radius 1 is 1.25 bits per heavy atom. The van der Waals surface area contributed by atoms with E-state index in [2.05, 4.69) is 17.6 Å². The van der Waals surface area contributed by atoms with Crippen molar-refractivity contribution in [3.63, 3.8) is 0 Å². The van der Waals surface area contributed by atoms with E-state index in [0.29, 0.717) is 24.0 Å². The summed E-state index contributed by atoms with van der Waals surface area (Å²) in [5.74, 6) is 0.817. The summed E-state index contributed by atoms with van der Waals surface area (Å²) in [6, 6.07) is 8.43. The summed E-state index contributed by atoms with van der Waals surface area (Å²) in [6.07, 6.45) is 4.10. The number of benzene rings is 1. The van der Waals surface area contributed by atoms with Crippen molar-refractivity contribution < 1.29 is 23.5 Å². The third-order valence-electron chi connectivity index (χ3n) is 5.82. The van der Waals surface area contributed by atoms with Crippen LogP contribution in [-0.2, 0) is 12.8 Å². The Morgan fingerprint density at radius 3 is 2.91 bits per heavy atom. The fourth-order valence-corrected chi connectivity index (χ4v) is 5.67. The van der Waals surface area contributed by atoms with E-state index in [4.69, 9.17) is 13.9 Å². The first-order valence-corrected chi connectivity index (χ1v) is 11.6. The molecule has 3 heterocycles. The highest BCUT2D eigenvalue weighted by atomic mass is 32.1. The van der Waals surface area contributed by atoms with Crippen molar-refractivity contribution in [2.45, 2.75) is 39.3 Å². The summed E-state index contributed by atoms with van der Waals surface area (Å²) in [6.45, 7) is 4.52. The number of hydrogen-bond donors (Lipinski definition) is 2. The van der Waals surface area contributed by atoms with Crippen molar-refractivity contribution in [1.82, 2.24) is 5.32 Å². The Bertz CT molecular complexity index is 1170. The summed E-state index contributed by atoms with van der Waals surface area (Å²) in [5, 5.41) is 7.46. The Labute approximate surface area is 189 Å². The number of carbonyl (C=O) groups is 2. The molecule has 0 unspecified atom stereocenters. The molecule has 0 saturated carbocycles. The van der Waals surface area contributed by atoms with Gasteiger partial charge in [-0.3, -0.25) is 4.79 Å². The lowest BCUT2D eigenvalue weighted by Crippen LogP contribution is -2.38. The van der Waals surface area contributed by atoms with Gasteiger partial charge >= 0.3 is 5.97 Å². The molecule has 1 aromatic carbocycles. The van der Waals surface area contributed by atoms with Gasteiger partial charge in [0.1, 0.15) is 11.2 Å². The van der Waals surface area contributed by atoms with Gasteiger partial charge in [0.2, 0.25) is 5.76 Å². The van der Waals surface area contributed by atoms with Crippen LogP contribution in [0.2, 0.25) is 0 Å². The van der Waals surface area contributed by atoms with Crippen LogP contribution in [0, 0.1) is 5.92 Å². The van der Waals surface area contributed by atoms with Crippen LogP contribution in [0.4, 0.5) is 5.00 Å². The molecule has 3 aromatic rings. The van der Waals surface area contributed by atoms with Gasteiger partial charge in [0.25, 0.3) is 5.91 Å². The van der Waals surface area contributed by atoms with E-state index in [1.54, 1.807) is 29.5 Å². The van der Waals surface area contributed by atoms with Gasteiger partial charge in [-0.1, -0.05) is 13.0 Å². The largest absolute Gasteiger partial charge is 0.490 e. The minimum atomic E-state index is -0.601. The van der Waals surface area contributed by atoms with E-state index in [-0.39, 0.29) is 11.7 Å². The predicted octanol–water partition coefficient (Wildman–Crippen LogP) is 4.94. The van der Waals surface area contributed by atoms with E-state index in [9.17, 15) is 9.59 Å². The molecule has 8 heteroatoms. The number of carbonyl (C=O) groups excluding carboxylic acids is 2. The van der Waals surface area contributed by atoms with Gasteiger partial charge in [0.15, 0.2) is 11.5 Å². The number of thiophene rings is 1. The highest BCUT2D eigenvalue weighted by Gasteiger charge is 2.33. The minimum absolute atomic E-state index is 0.0536. The normalized spacial score (nSPS) is 19.4. The van der Waals surface area contributed by atoms with Gasteiger partial charge in [0, 0.05) is 4.88 Å². The molecule has 2 aromatic heterocycles. The van der Waals surface area contributed by atoms with Gasteiger partial charge in [-0.25, -0.2) is 4.79 Å². The van der Waals surface area contributed by atoms with E-state index in [0.717, 1.165) is 35.4 Å². The van der Waals surface area contributed by atoms with Crippen LogP contribution < -0.4 is 20.1 Å². The topological polar surface area (TPSA) is 89.8 Å². The number of amides is 1. The average Bonchev–Trinajstić information content (AvgIpc) is 3.42. The summed E-state index contributed by atoms with van der Waals surface area (Å²) in [4.78, 5) is 26.6. The monoisotopic (exact) mass is 452 g/mol. The Kier molecular flexibility index (Phi) is 5.38. The van der Waals surface area contributed by atoms with Gasteiger partial charge in [-0.05, 0) is 67.5 Å². The van der Waals surface area contributed by atoms with E-state index in [1.165, 1.54) is 22.8 Å². The van der Waals surface area contributed by atoms with Gasteiger partial charge < -0.3 is 24.5 Å². The van der Waals surface area contributed by atoms with E-state index >= 15 is 0 Å².